The van der Waals surface area contributed by atoms with Crippen LogP contribution < -0.4 is 0 Å². The molecule has 0 aliphatic rings. The first kappa shape index (κ1) is 13.1. The van der Waals surface area contributed by atoms with Crippen molar-refractivity contribution in [3.63, 3.8) is 0 Å². The lowest BCUT2D eigenvalue weighted by atomic mass is 9.98. The molecule has 0 atom stereocenters. The predicted octanol–water partition coefficient (Wildman–Crippen LogP) is 5.17. The fourth-order valence-electron chi connectivity index (χ4n) is 1.90. The first-order valence-corrected chi connectivity index (χ1v) is 6.32. The zero-order chi connectivity index (χ0) is 13.3. The Morgan fingerprint density at radius 1 is 1.11 bits per heavy atom. The second kappa shape index (κ2) is 5.13. The van der Waals surface area contributed by atoms with Gasteiger partial charge < -0.3 is 0 Å². The highest BCUT2D eigenvalue weighted by molar-refractivity contribution is 6.43. The van der Waals surface area contributed by atoms with E-state index in [9.17, 15) is 4.79 Å². The molecule has 0 aromatic heterocycles. The van der Waals surface area contributed by atoms with Crippen LogP contribution >= 0.6 is 23.2 Å². The number of ketones is 1. The lowest BCUT2D eigenvalue weighted by Crippen LogP contribution is -1.96. The summed E-state index contributed by atoms with van der Waals surface area (Å²) in [5, 5.41) is 1.02. The summed E-state index contributed by atoms with van der Waals surface area (Å²) in [6.07, 6.45) is 0. The molecule has 0 saturated carbocycles. The van der Waals surface area contributed by atoms with Crippen LogP contribution in [0, 0.1) is 6.92 Å². The molecular weight excluding hydrogens is 267 g/mol. The van der Waals surface area contributed by atoms with Crippen molar-refractivity contribution in [2.75, 3.05) is 0 Å². The van der Waals surface area contributed by atoms with Crippen molar-refractivity contribution >= 4 is 29.0 Å². The van der Waals surface area contributed by atoms with Crippen molar-refractivity contribution in [2.45, 2.75) is 13.8 Å². The second-order valence-electron chi connectivity index (χ2n) is 4.19. The summed E-state index contributed by atoms with van der Waals surface area (Å²) in [6.45, 7) is 3.48. The summed E-state index contributed by atoms with van der Waals surface area (Å²) in [6, 6.07) is 11.2. The molecule has 0 amide bonds. The number of carbonyl (C=O) groups excluding carboxylic acids is 1. The molecule has 0 aliphatic carbocycles. The molecule has 0 unspecified atom stereocenters. The zero-order valence-corrected chi connectivity index (χ0v) is 11.6. The molecule has 2 aromatic carbocycles. The van der Waals surface area contributed by atoms with Gasteiger partial charge in [0.05, 0.1) is 10.0 Å². The molecular formula is C15H12Cl2O. The molecule has 18 heavy (non-hydrogen) atoms. The highest BCUT2D eigenvalue weighted by Gasteiger charge is 2.10. The van der Waals surface area contributed by atoms with E-state index >= 15 is 0 Å². The van der Waals surface area contributed by atoms with Crippen LogP contribution in [0.25, 0.3) is 11.1 Å². The van der Waals surface area contributed by atoms with E-state index in [1.807, 2.05) is 37.3 Å². The standard InChI is InChI=1S/C15H12Cl2O/c1-9-6-7-11(8-13(9)10(2)18)12-4-3-5-14(16)15(12)17/h3-8H,1-2H3. The van der Waals surface area contributed by atoms with Gasteiger partial charge in [0, 0.05) is 11.1 Å². The van der Waals surface area contributed by atoms with Gasteiger partial charge in [-0.25, -0.2) is 0 Å². The van der Waals surface area contributed by atoms with Crippen LogP contribution in [0.15, 0.2) is 36.4 Å². The number of aryl methyl sites for hydroxylation is 1. The van der Waals surface area contributed by atoms with E-state index < -0.39 is 0 Å². The summed E-state index contributed by atoms with van der Waals surface area (Å²) < 4.78 is 0. The molecule has 92 valence electrons. The van der Waals surface area contributed by atoms with Gasteiger partial charge in [-0.1, -0.05) is 47.5 Å². The maximum absolute atomic E-state index is 11.5. The molecule has 0 fully saturated rings. The molecule has 0 heterocycles. The summed E-state index contributed by atoms with van der Waals surface area (Å²) in [7, 11) is 0. The van der Waals surface area contributed by atoms with Crippen molar-refractivity contribution in [3.8, 4) is 11.1 Å². The molecule has 0 radical (unpaired) electrons. The number of carbonyl (C=O) groups is 1. The van der Waals surface area contributed by atoms with Crippen molar-refractivity contribution in [1.29, 1.82) is 0 Å². The summed E-state index contributed by atoms with van der Waals surface area (Å²) >= 11 is 12.2. The van der Waals surface area contributed by atoms with Crippen LogP contribution in [-0.2, 0) is 0 Å². The van der Waals surface area contributed by atoms with Crippen molar-refractivity contribution < 1.29 is 4.79 Å². The zero-order valence-electron chi connectivity index (χ0n) is 10.1. The van der Waals surface area contributed by atoms with Gasteiger partial charge >= 0.3 is 0 Å². The van der Waals surface area contributed by atoms with Crippen LogP contribution in [0.1, 0.15) is 22.8 Å². The Kier molecular flexibility index (Phi) is 3.74. The Balaban J connectivity index is 2.62. The van der Waals surface area contributed by atoms with E-state index in [1.54, 1.807) is 13.0 Å². The Bertz CT molecular complexity index is 618. The quantitative estimate of drug-likeness (QED) is 0.693. The SMILES string of the molecule is CC(=O)c1cc(-c2cccc(Cl)c2Cl)ccc1C. The molecule has 2 aromatic rings. The molecule has 0 spiro atoms. The van der Waals surface area contributed by atoms with Gasteiger partial charge in [0.2, 0.25) is 0 Å². The van der Waals surface area contributed by atoms with Crippen molar-refractivity contribution in [1.82, 2.24) is 0 Å². The van der Waals surface area contributed by atoms with E-state index in [4.69, 9.17) is 23.2 Å². The van der Waals surface area contributed by atoms with Crippen LogP contribution in [-0.4, -0.2) is 5.78 Å². The fourth-order valence-corrected chi connectivity index (χ4v) is 2.31. The first-order valence-electron chi connectivity index (χ1n) is 5.56. The molecule has 1 nitrogen and oxygen atoms in total. The molecule has 2 rings (SSSR count). The minimum absolute atomic E-state index is 0.0486. The molecule has 0 aliphatic heterocycles. The smallest absolute Gasteiger partial charge is 0.160 e. The van der Waals surface area contributed by atoms with Crippen molar-refractivity contribution in [2.24, 2.45) is 0 Å². The van der Waals surface area contributed by atoms with E-state index in [0.717, 1.165) is 16.7 Å². The lowest BCUT2D eigenvalue weighted by molar-refractivity contribution is 0.101. The van der Waals surface area contributed by atoms with E-state index in [-0.39, 0.29) is 5.78 Å². The number of hydrogen-bond acceptors (Lipinski definition) is 1. The topological polar surface area (TPSA) is 17.1 Å². The molecule has 0 bridgehead atoms. The maximum Gasteiger partial charge on any atom is 0.160 e. The Hall–Kier alpha value is -1.31. The van der Waals surface area contributed by atoms with Gasteiger partial charge in [0.25, 0.3) is 0 Å². The lowest BCUT2D eigenvalue weighted by Gasteiger charge is -2.09. The van der Waals surface area contributed by atoms with Gasteiger partial charge in [-0.3, -0.25) is 4.79 Å². The number of rotatable bonds is 2. The molecule has 0 N–H and O–H groups in total. The van der Waals surface area contributed by atoms with Gasteiger partial charge in [0.15, 0.2) is 5.78 Å². The Morgan fingerprint density at radius 2 is 1.83 bits per heavy atom. The summed E-state index contributed by atoms with van der Waals surface area (Å²) in [4.78, 5) is 11.5. The van der Waals surface area contributed by atoms with Crippen LogP contribution in [0.5, 0.6) is 0 Å². The highest BCUT2D eigenvalue weighted by Crippen LogP contribution is 2.34. The number of benzene rings is 2. The minimum Gasteiger partial charge on any atom is -0.295 e. The van der Waals surface area contributed by atoms with Gasteiger partial charge in [-0.15, -0.1) is 0 Å². The van der Waals surface area contributed by atoms with Gasteiger partial charge in [-0.05, 0) is 37.1 Å². The summed E-state index contributed by atoms with van der Waals surface area (Å²) in [5.74, 6) is 0.0486. The second-order valence-corrected chi connectivity index (χ2v) is 4.97. The van der Waals surface area contributed by atoms with Gasteiger partial charge in [0.1, 0.15) is 0 Å². The average molecular weight is 279 g/mol. The largest absolute Gasteiger partial charge is 0.295 e. The third kappa shape index (κ3) is 2.43. The van der Waals surface area contributed by atoms with Crippen LogP contribution in [0.2, 0.25) is 10.0 Å². The Morgan fingerprint density at radius 3 is 2.50 bits per heavy atom. The van der Waals surface area contributed by atoms with Crippen LogP contribution in [0.4, 0.5) is 0 Å². The number of Topliss-reactive ketones (excluding diaryl/α,β-unsaturated/α-hetero) is 1. The maximum atomic E-state index is 11.5. The Labute approximate surface area is 116 Å². The van der Waals surface area contributed by atoms with E-state index in [0.29, 0.717) is 15.6 Å². The van der Waals surface area contributed by atoms with E-state index in [1.165, 1.54) is 0 Å². The third-order valence-electron chi connectivity index (χ3n) is 2.88. The fraction of sp³-hybridized carbons (Fsp3) is 0.133. The first-order chi connectivity index (χ1) is 8.50. The average Bonchev–Trinajstić information content (AvgIpc) is 2.33. The summed E-state index contributed by atoms with van der Waals surface area (Å²) in [5.41, 5.74) is 3.41. The normalized spacial score (nSPS) is 10.4. The minimum atomic E-state index is 0.0486. The predicted molar refractivity (Wildman–Crippen MR) is 76.6 cm³/mol. The van der Waals surface area contributed by atoms with E-state index in [2.05, 4.69) is 0 Å². The third-order valence-corrected chi connectivity index (χ3v) is 3.70. The van der Waals surface area contributed by atoms with Gasteiger partial charge in [-0.2, -0.15) is 0 Å². The van der Waals surface area contributed by atoms with Crippen LogP contribution in [0.3, 0.4) is 0 Å². The number of hydrogen-bond donors (Lipinski definition) is 0. The number of halogens is 2. The monoisotopic (exact) mass is 278 g/mol. The molecule has 0 saturated heterocycles. The highest BCUT2D eigenvalue weighted by atomic mass is 35.5. The van der Waals surface area contributed by atoms with Crippen molar-refractivity contribution in [3.05, 3.63) is 57.6 Å². The molecule has 3 heteroatoms.